The summed E-state index contributed by atoms with van der Waals surface area (Å²) in [7, 11) is 0. The van der Waals surface area contributed by atoms with Crippen LogP contribution in [-0.2, 0) is 21.1 Å². The summed E-state index contributed by atoms with van der Waals surface area (Å²) in [5.74, 6) is 0. The molecule has 0 bridgehead atoms. The first-order valence-corrected chi connectivity index (χ1v) is 3.32. The van der Waals surface area contributed by atoms with E-state index in [1.807, 2.05) is 0 Å². The molecule has 4 N–H and O–H groups in total. The van der Waals surface area contributed by atoms with Crippen molar-refractivity contribution >= 4 is 0 Å². The van der Waals surface area contributed by atoms with Gasteiger partial charge < -0.3 is 11.5 Å². The maximum Gasteiger partial charge on any atom is 2.00 e. The van der Waals surface area contributed by atoms with Crippen molar-refractivity contribution < 1.29 is 21.1 Å². The second-order valence-electron chi connectivity index (χ2n) is 1.99. The molecular weight excluding hydrogens is 295 g/mol. The number of hydrogen-bond acceptors (Lipinski definition) is 2. The van der Waals surface area contributed by atoms with Crippen LogP contribution in [0.4, 0.5) is 0 Å². The second-order valence-corrected chi connectivity index (χ2v) is 1.99. The van der Waals surface area contributed by atoms with Gasteiger partial charge in [0.25, 0.3) is 0 Å². The Kier molecular flexibility index (Phi) is 15.6. The molecule has 2 nitrogen and oxygen atoms in total. The van der Waals surface area contributed by atoms with E-state index in [2.05, 4.69) is 0 Å². The van der Waals surface area contributed by atoms with Crippen LogP contribution in [0.25, 0.3) is 0 Å². The van der Waals surface area contributed by atoms with Crippen LogP contribution in [0.15, 0.2) is 0 Å². The molecule has 0 atom stereocenters. The second kappa shape index (κ2) is 11.4. The van der Waals surface area contributed by atoms with E-state index in [1.54, 1.807) is 0 Å². The molecule has 0 unspecified atom stereocenters. The molecule has 0 saturated carbocycles. The predicted octanol–water partition coefficient (Wildman–Crippen LogP) is 0.462. The number of rotatable bonds is 5. The van der Waals surface area contributed by atoms with Crippen LogP contribution in [-0.4, -0.2) is 13.1 Å². The van der Waals surface area contributed by atoms with Crippen molar-refractivity contribution in [2.45, 2.75) is 25.7 Å². The molecule has 0 radical (unpaired) electrons. The molecule has 0 heterocycles. The Hall–Kier alpha value is 0.608. The van der Waals surface area contributed by atoms with Gasteiger partial charge >= 0.3 is 21.1 Å². The van der Waals surface area contributed by atoms with Crippen LogP contribution in [0.1, 0.15) is 25.7 Å². The fraction of sp³-hybridized carbons (Fsp3) is 1.00. The number of nitrogens with two attached hydrogens (primary N) is 2. The van der Waals surface area contributed by atoms with E-state index in [1.165, 1.54) is 12.8 Å². The quantitative estimate of drug-likeness (QED) is 0.725. The molecular formula is C6H16N2Pt+2. The van der Waals surface area contributed by atoms with Crippen LogP contribution in [0, 0.1) is 0 Å². The zero-order valence-electron chi connectivity index (χ0n) is 5.71. The van der Waals surface area contributed by atoms with Crippen molar-refractivity contribution in [3.05, 3.63) is 0 Å². The van der Waals surface area contributed by atoms with Gasteiger partial charge in [-0.1, -0.05) is 12.8 Å². The first kappa shape index (κ1) is 12.3. The molecule has 0 aromatic rings. The Morgan fingerprint density at radius 1 is 0.667 bits per heavy atom. The third kappa shape index (κ3) is 12.0. The Labute approximate surface area is 71.6 Å². The Morgan fingerprint density at radius 2 is 1.00 bits per heavy atom. The molecule has 0 aliphatic rings. The molecule has 0 fully saturated rings. The van der Waals surface area contributed by atoms with Crippen molar-refractivity contribution in [2.75, 3.05) is 13.1 Å². The molecule has 0 aromatic heterocycles. The summed E-state index contributed by atoms with van der Waals surface area (Å²) in [6, 6.07) is 0. The van der Waals surface area contributed by atoms with Crippen molar-refractivity contribution in [1.82, 2.24) is 0 Å². The molecule has 0 aliphatic heterocycles. The van der Waals surface area contributed by atoms with E-state index in [4.69, 9.17) is 11.5 Å². The molecule has 0 spiro atoms. The SMILES string of the molecule is NCCCCCCN.[Pt+2]. The van der Waals surface area contributed by atoms with Crippen LogP contribution in [0.2, 0.25) is 0 Å². The van der Waals surface area contributed by atoms with E-state index < -0.39 is 0 Å². The van der Waals surface area contributed by atoms with Crippen LogP contribution in [0.5, 0.6) is 0 Å². The third-order valence-corrected chi connectivity index (χ3v) is 1.16. The molecule has 0 aliphatic carbocycles. The van der Waals surface area contributed by atoms with Crippen molar-refractivity contribution in [3.63, 3.8) is 0 Å². The smallest absolute Gasteiger partial charge is 0.330 e. The summed E-state index contributed by atoms with van der Waals surface area (Å²) in [6.07, 6.45) is 4.79. The molecule has 58 valence electrons. The van der Waals surface area contributed by atoms with Gasteiger partial charge in [0.1, 0.15) is 0 Å². The fourth-order valence-corrected chi connectivity index (χ4v) is 0.642. The first-order chi connectivity index (χ1) is 3.91. The molecule has 9 heavy (non-hydrogen) atoms. The van der Waals surface area contributed by atoms with E-state index in [-0.39, 0.29) is 21.1 Å². The normalized spacial score (nSPS) is 8.67. The predicted molar refractivity (Wildman–Crippen MR) is 36.6 cm³/mol. The monoisotopic (exact) mass is 311 g/mol. The largest absolute Gasteiger partial charge is 2.00 e. The van der Waals surface area contributed by atoms with Gasteiger partial charge in [-0.25, -0.2) is 0 Å². The molecule has 0 amide bonds. The topological polar surface area (TPSA) is 52.0 Å². The van der Waals surface area contributed by atoms with Gasteiger partial charge in [0.15, 0.2) is 0 Å². The van der Waals surface area contributed by atoms with Crippen LogP contribution in [0.3, 0.4) is 0 Å². The van der Waals surface area contributed by atoms with Crippen molar-refractivity contribution in [2.24, 2.45) is 11.5 Å². The molecule has 3 heteroatoms. The van der Waals surface area contributed by atoms with Crippen LogP contribution >= 0.6 is 0 Å². The summed E-state index contributed by atoms with van der Waals surface area (Å²) in [4.78, 5) is 0. The van der Waals surface area contributed by atoms with Crippen molar-refractivity contribution in [1.29, 1.82) is 0 Å². The van der Waals surface area contributed by atoms with Gasteiger partial charge in [-0.2, -0.15) is 0 Å². The Bertz CT molecular complexity index is 36.0. The average Bonchev–Trinajstić information content (AvgIpc) is 1.81. The first-order valence-electron chi connectivity index (χ1n) is 3.32. The minimum atomic E-state index is 0. The van der Waals surface area contributed by atoms with Crippen LogP contribution < -0.4 is 11.5 Å². The van der Waals surface area contributed by atoms with E-state index >= 15 is 0 Å². The maximum absolute atomic E-state index is 5.28. The van der Waals surface area contributed by atoms with Gasteiger partial charge in [-0.05, 0) is 25.9 Å². The Balaban J connectivity index is 0. The van der Waals surface area contributed by atoms with E-state index in [0.717, 1.165) is 25.9 Å². The number of hydrogen-bond donors (Lipinski definition) is 2. The minimum absolute atomic E-state index is 0. The summed E-state index contributed by atoms with van der Waals surface area (Å²) in [5, 5.41) is 0. The third-order valence-electron chi connectivity index (χ3n) is 1.16. The van der Waals surface area contributed by atoms with Crippen molar-refractivity contribution in [3.8, 4) is 0 Å². The zero-order chi connectivity index (χ0) is 6.24. The minimum Gasteiger partial charge on any atom is -0.330 e. The summed E-state index contributed by atoms with van der Waals surface area (Å²) < 4.78 is 0. The van der Waals surface area contributed by atoms with Gasteiger partial charge in [0.2, 0.25) is 0 Å². The zero-order valence-corrected chi connectivity index (χ0v) is 7.99. The standard InChI is InChI=1S/C6H16N2.Pt/c7-5-3-1-2-4-6-8;/h1-8H2;/q;+2. The fourth-order valence-electron chi connectivity index (χ4n) is 0.642. The summed E-state index contributed by atoms with van der Waals surface area (Å²) in [6.45, 7) is 1.65. The summed E-state index contributed by atoms with van der Waals surface area (Å²) in [5.41, 5.74) is 10.6. The molecule has 0 saturated heterocycles. The number of unbranched alkanes of at least 4 members (excludes halogenated alkanes) is 3. The Morgan fingerprint density at radius 3 is 1.22 bits per heavy atom. The summed E-state index contributed by atoms with van der Waals surface area (Å²) >= 11 is 0. The van der Waals surface area contributed by atoms with Gasteiger partial charge in [-0.15, -0.1) is 0 Å². The van der Waals surface area contributed by atoms with E-state index in [0.29, 0.717) is 0 Å². The van der Waals surface area contributed by atoms with Gasteiger partial charge in [0.05, 0.1) is 0 Å². The van der Waals surface area contributed by atoms with Gasteiger partial charge in [-0.3, -0.25) is 0 Å². The van der Waals surface area contributed by atoms with Gasteiger partial charge in [0, 0.05) is 0 Å². The maximum atomic E-state index is 5.28. The average molecular weight is 311 g/mol. The van der Waals surface area contributed by atoms with E-state index in [9.17, 15) is 0 Å². The molecule has 0 aromatic carbocycles. The molecule has 0 rings (SSSR count).